The van der Waals surface area contributed by atoms with E-state index >= 15 is 0 Å². The van der Waals surface area contributed by atoms with Crippen LogP contribution in [0.1, 0.15) is 22.4 Å². The molecule has 0 unspecified atom stereocenters. The van der Waals surface area contributed by atoms with Crippen LogP contribution in [0.5, 0.6) is 0 Å². The summed E-state index contributed by atoms with van der Waals surface area (Å²) in [6.45, 7) is 8.34. The molecule has 142 valence electrons. The number of furan rings is 1. The number of hydrogen-bond acceptors (Lipinski definition) is 3. The molecule has 5 rings (SSSR count). The molecule has 0 spiro atoms. The zero-order valence-corrected chi connectivity index (χ0v) is 17.1. The lowest BCUT2D eigenvalue weighted by Gasteiger charge is -2.12. The van der Waals surface area contributed by atoms with Crippen molar-refractivity contribution in [3.8, 4) is 22.4 Å². The molecule has 29 heavy (non-hydrogen) atoms. The third-order valence-electron chi connectivity index (χ3n) is 5.59. The zero-order chi connectivity index (χ0) is 20.1. The van der Waals surface area contributed by atoms with Gasteiger partial charge in [-0.25, -0.2) is 4.98 Å². The van der Waals surface area contributed by atoms with E-state index in [-0.39, 0.29) is 0 Å². The molecule has 3 nitrogen and oxygen atoms in total. The Balaban J connectivity index is 1.83. The van der Waals surface area contributed by atoms with Crippen molar-refractivity contribution in [3.05, 3.63) is 83.2 Å². The summed E-state index contributed by atoms with van der Waals surface area (Å²) in [7, 11) is 0. The molecule has 0 aliphatic heterocycles. The Labute approximate surface area is 170 Å². The maximum atomic E-state index is 6.31. The first kappa shape index (κ1) is 17.6. The van der Waals surface area contributed by atoms with E-state index in [2.05, 4.69) is 68.2 Å². The summed E-state index contributed by atoms with van der Waals surface area (Å²) < 4.78 is 6.31. The fourth-order valence-electron chi connectivity index (χ4n) is 4.19. The number of pyridine rings is 2. The smallest absolute Gasteiger partial charge is 0.227 e. The minimum absolute atomic E-state index is 0.686. The van der Waals surface area contributed by atoms with Crippen LogP contribution in [0.4, 0.5) is 0 Å². The van der Waals surface area contributed by atoms with Crippen molar-refractivity contribution in [2.75, 3.05) is 0 Å². The molecule has 0 aliphatic carbocycles. The van der Waals surface area contributed by atoms with Gasteiger partial charge in [-0.15, -0.1) is 0 Å². The van der Waals surface area contributed by atoms with Gasteiger partial charge in [-0.1, -0.05) is 36.4 Å². The van der Waals surface area contributed by atoms with Crippen molar-refractivity contribution < 1.29 is 4.42 Å². The molecule has 5 aromatic rings. The Kier molecular flexibility index (Phi) is 3.99. The fraction of sp³-hybridized carbons (Fsp3) is 0.154. The summed E-state index contributed by atoms with van der Waals surface area (Å²) in [6, 6.07) is 19.0. The molecular weight excluding hydrogens is 356 g/mol. The van der Waals surface area contributed by atoms with E-state index in [4.69, 9.17) is 9.40 Å². The summed E-state index contributed by atoms with van der Waals surface area (Å²) >= 11 is 0. The van der Waals surface area contributed by atoms with Crippen LogP contribution in [0.25, 0.3) is 44.5 Å². The van der Waals surface area contributed by atoms with Crippen LogP contribution >= 0.6 is 0 Å². The molecule has 0 N–H and O–H groups in total. The lowest BCUT2D eigenvalue weighted by molar-refractivity contribution is 0.653. The lowest BCUT2D eigenvalue weighted by Crippen LogP contribution is -1.93. The third kappa shape index (κ3) is 2.82. The van der Waals surface area contributed by atoms with E-state index in [1.54, 1.807) is 0 Å². The molecule has 3 aromatic heterocycles. The highest BCUT2D eigenvalue weighted by molar-refractivity contribution is 6.10. The molecule has 0 saturated carbocycles. The van der Waals surface area contributed by atoms with E-state index in [0.717, 1.165) is 44.4 Å². The molecule has 0 atom stereocenters. The maximum absolute atomic E-state index is 6.31. The first-order valence-electron chi connectivity index (χ1n) is 9.85. The van der Waals surface area contributed by atoms with Gasteiger partial charge in [0.2, 0.25) is 5.71 Å². The minimum Gasteiger partial charge on any atom is -0.437 e. The molecule has 0 fully saturated rings. The standard InChI is InChI=1S/C26H22N2O/c1-15-12-16(2)24(25-23(15)20-11-10-18(4)28-26(20)29-25)22-13-21(17(3)14-27-22)19-8-6-5-7-9-19/h5-14H,1-4H3. The highest BCUT2D eigenvalue weighted by Gasteiger charge is 2.19. The van der Waals surface area contributed by atoms with E-state index in [9.17, 15) is 0 Å². The van der Waals surface area contributed by atoms with Crippen molar-refractivity contribution in [3.63, 3.8) is 0 Å². The van der Waals surface area contributed by atoms with Gasteiger partial charge < -0.3 is 4.42 Å². The first-order valence-corrected chi connectivity index (χ1v) is 9.85. The predicted molar refractivity (Wildman–Crippen MR) is 119 cm³/mol. The number of fused-ring (bicyclic) bond motifs is 3. The van der Waals surface area contributed by atoms with Gasteiger partial charge in [0.15, 0.2) is 0 Å². The van der Waals surface area contributed by atoms with Gasteiger partial charge in [0.25, 0.3) is 0 Å². The number of hydrogen-bond donors (Lipinski definition) is 0. The fourth-order valence-corrected chi connectivity index (χ4v) is 4.19. The summed E-state index contributed by atoms with van der Waals surface area (Å²) in [4.78, 5) is 9.39. The molecule has 0 saturated heterocycles. The highest BCUT2D eigenvalue weighted by Crippen LogP contribution is 2.40. The van der Waals surface area contributed by atoms with Crippen LogP contribution < -0.4 is 0 Å². The Bertz CT molecular complexity index is 1380. The van der Waals surface area contributed by atoms with Crippen LogP contribution in [0.3, 0.4) is 0 Å². The summed E-state index contributed by atoms with van der Waals surface area (Å²) in [5, 5.41) is 2.18. The molecule has 0 amide bonds. The Morgan fingerprint density at radius 3 is 2.38 bits per heavy atom. The number of aryl methyl sites for hydroxylation is 4. The number of nitrogens with zero attached hydrogens (tertiary/aromatic N) is 2. The van der Waals surface area contributed by atoms with Crippen molar-refractivity contribution in [1.29, 1.82) is 0 Å². The quantitative estimate of drug-likeness (QED) is 0.334. The first-order chi connectivity index (χ1) is 14.0. The van der Waals surface area contributed by atoms with E-state index in [0.29, 0.717) is 5.71 Å². The van der Waals surface area contributed by atoms with Crippen molar-refractivity contribution in [1.82, 2.24) is 9.97 Å². The van der Waals surface area contributed by atoms with Gasteiger partial charge in [-0.3, -0.25) is 4.98 Å². The normalized spacial score (nSPS) is 11.4. The van der Waals surface area contributed by atoms with Gasteiger partial charge in [0, 0.05) is 28.2 Å². The van der Waals surface area contributed by atoms with Crippen LogP contribution in [-0.2, 0) is 0 Å². The van der Waals surface area contributed by atoms with E-state index < -0.39 is 0 Å². The SMILES string of the molecule is Cc1ccc2c(n1)oc1c(-c3cc(-c4ccccc4)c(C)cn3)c(C)cc(C)c12. The van der Waals surface area contributed by atoms with Crippen molar-refractivity contribution >= 4 is 22.1 Å². The number of rotatable bonds is 2. The summed E-state index contributed by atoms with van der Waals surface area (Å²) in [5.41, 5.74) is 10.4. The maximum Gasteiger partial charge on any atom is 0.227 e. The molecule has 2 aromatic carbocycles. The van der Waals surface area contributed by atoms with E-state index in [1.807, 2.05) is 25.3 Å². The van der Waals surface area contributed by atoms with Gasteiger partial charge in [-0.2, -0.15) is 0 Å². The molecule has 3 heteroatoms. The van der Waals surface area contributed by atoms with Crippen molar-refractivity contribution in [2.24, 2.45) is 0 Å². The van der Waals surface area contributed by atoms with Gasteiger partial charge in [0.1, 0.15) is 5.58 Å². The monoisotopic (exact) mass is 378 g/mol. The number of aromatic nitrogens is 2. The predicted octanol–water partition coefficient (Wildman–Crippen LogP) is 6.94. The summed E-state index contributed by atoms with van der Waals surface area (Å²) in [5.74, 6) is 0. The lowest BCUT2D eigenvalue weighted by atomic mass is 9.94. The average molecular weight is 378 g/mol. The third-order valence-corrected chi connectivity index (χ3v) is 5.59. The average Bonchev–Trinajstić information content (AvgIpc) is 3.08. The Morgan fingerprint density at radius 1 is 0.793 bits per heavy atom. The van der Waals surface area contributed by atoms with Crippen LogP contribution in [0, 0.1) is 27.7 Å². The molecule has 3 heterocycles. The minimum atomic E-state index is 0.686. The second-order valence-electron chi connectivity index (χ2n) is 7.75. The van der Waals surface area contributed by atoms with Crippen LogP contribution in [-0.4, -0.2) is 9.97 Å². The van der Waals surface area contributed by atoms with Crippen molar-refractivity contribution in [2.45, 2.75) is 27.7 Å². The second kappa shape index (κ2) is 6.56. The Hall–Kier alpha value is -3.46. The molecule has 0 aliphatic rings. The molecular formula is C26H22N2O. The van der Waals surface area contributed by atoms with Gasteiger partial charge in [-0.05, 0) is 73.7 Å². The Morgan fingerprint density at radius 2 is 1.59 bits per heavy atom. The number of benzene rings is 2. The largest absolute Gasteiger partial charge is 0.437 e. The zero-order valence-electron chi connectivity index (χ0n) is 17.1. The topological polar surface area (TPSA) is 38.9 Å². The van der Waals surface area contributed by atoms with Gasteiger partial charge in [0.05, 0.1) is 5.69 Å². The van der Waals surface area contributed by atoms with Crippen LogP contribution in [0.2, 0.25) is 0 Å². The summed E-state index contributed by atoms with van der Waals surface area (Å²) in [6.07, 6.45) is 1.95. The van der Waals surface area contributed by atoms with Gasteiger partial charge >= 0.3 is 0 Å². The second-order valence-corrected chi connectivity index (χ2v) is 7.75. The molecule has 0 bridgehead atoms. The van der Waals surface area contributed by atoms with E-state index in [1.165, 1.54) is 16.7 Å². The molecule has 0 radical (unpaired) electrons. The van der Waals surface area contributed by atoms with Crippen LogP contribution in [0.15, 0.2) is 65.2 Å². The highest BCUT2D eigenvalue weighted by atomic mass is 16.3.